The van der Waals surface area contributed by atoms with Crippen LogP contribution in [0.5, 0.6) is 0 Å². The Morgan fingerprint density at radius 1 is 1.35 bits per heavy atom. The summed E-state index contributed by atoms with van der Waals surface area (Å²) in [5, 5.41) is 3.42. The smallest absolute Gasteiger partial charge is 0.128 e. The largest absolute Gasteiger partial charge is 0.355 e. The van der Waals surface area contributed by atoms with Crippen LogP contribution in [0.15, 0.2) is 18.3 Å². The Labute approximate surface area is 123 Å². The van der Waals surface area contributed by atoms with Crippen molar-refractivity contribution in [2.45, 2.75) is 39.4 Å². The molecule has 1 fully saturated rings. The Morgan fingerprint density at radius 3 is 2.60 bits per heavy atom. The number of pyridine rings is 1. The molecule has 4 heteroatoms. The standard InChI is InChI=1S/C16H28N4/c1-12(2)17-8-14-6-7-16(18-9-14)20-10-13(3)15(11-20)19(4)5/h6-7,9,12-13,15,17H,8,10-11H2,1-5H3. The van der Waals surface area contributed by atoms with Crippen molar-refractivity contribution in [2.75, 3.05) is 32.1 Å². The number of hydrogen-bond acceptors (Lipinski definition) is 4. The molecule has 1 aromatic heterocycles. The average Bonchev–Trinajstić information content (AvgIpc) is 2.79. The van der Waals surface area contributed by atoms with E-state index in [4.69, 9.17) is 0 Å². The molecule has 4 nitrogen and oxygen atoms in total. The molecule has 0 spiro atoms. The van der Waals surface area contributed by atoms with Gasteiger partial charge in [-0.25, -0.2) is 4.98 Å². The fourth-order valence-corrected chi connectivity index (χ4v) is 2.84. The van der Waals surface area contributed by atoms with E-state index in [9.17, 15) is 0 Å². The van der Waals surface area contributed by atoms with Crippen LogP contribution in [0, 0.1) is 5.92 Å². The van der Waals surface area contributed by atoms with Crippen molar-refractivity contribution in [1.29, 1.82) is 0 Å². The molecule has 1 aliphatic heterocycles. The summed E-state index contributed by atoms with van der Waals surface area (Å²) in [4.78, 5) is 9.36. The van der Waals surface area contributed by atoms with Gasteiger partial charge in [-0.2, -0.15) is 0 Å². The second-order valence-corrected chi connectivity index (χ2v) is 6.47. The maximum absolute atomic E-state index is 4.63. The Kier molecular flexibility index (Phi) is 5.00. The number of nitrogens with zero attached hydrogens (tertiary/aromatic N) is 3. The zero-order valence-corrected chi connectivity index (χ0v) is 13.4. The van der Waals surface area contributed by atoms with Crippen molar-refractivity contribution in [3.8, 4) is 0 Å². The van der Waals surface area contributed by atoms with Gasteiger partial charge in [0.2, 0.25) is 0 Å². The predicted molar refractivity (Wildman–Crippen MR) is 85.1 cm³/mol. The van der Waals surface area contributed by atoms with Crippen LogP contribution in [-0.4, -0.2) is 49.2 Å². The van der Waals surface area contributed by atoms with Crippen LogP contribution in [0.4, 0.5) is 5.82 Å². The normalized spacial score (nSPS) is 23.1. The number of nitrogens with one attached hydrogen (secondary N) is 1. The Hall–Kier alpha value is -1.13. The fourth-order valence-electron chi connectivity index (χ4n) is 2.84. The van der Waals surface area contributed by atoms with Gasteiger partial charge in [-0.3, -0.25) is 0 Å². The number of aromatic nitrogens is 1. The molecule has 2 rings (SSSR count). The van der Waals surface area contributed by atoms with E-state index in [1.807, 2.05) is 6.20 Å². The summed E-state index contributed by atoms with van der Waals surface area (Å²) in [5.74, 6) is 1.79. The summed E-state index contributed by atoms with van der Waals surface area (Å²) in [6.45, 7) is 9.71. The molecule has 0 saturated carbocycles. The highest BCUT2D eigenvalue weighted by Crippen LogP contribution is 2.24. The lowest BCUT2D eigenvalue weighted by molar-refractivity contribution is 0.266. The van der Waals surface area contributed by atoms with Crippen molar-refractivity contribution in [3.05, 3.63) is 23.9 Å². The first-order chi connectivity index (χ1) is 9.47. The molecule has 0 aliphatic carbocycles. The van der Waals surface area contributed by atoms with Gasteiger partial charge in [0.05, 0.1) is 0 Å². The highest BCUT2D eigenvalue weighted by molar-refractivity contribution is 5.41. The second kappa shape index (κ2) is 6.55. The maximum atomic E-state index is 4.63. The van der Waals surface area contributed by atoms with Gasteiger partial charge < -0.3 is 15.1 Å². The van der Waals surface area contributed by atoms with Gasteiger partial charge in [0.25, 0.3) is 0 Å². The third-order valence-corrected chi connectivity index (χ3v) is 4.08. The van der Waals surface area contributed by atoms with Gasteiger partial charge >= 0.3 is 0 Å². The van der Waals surface area contributed by atoms with E-state index < -0.39 is 0 Å². The third-order valence-electron chi connectivity index (χ3n) is 4.08. The molecule has 1 aliphatic rings. The lowest BCUT2D eigenvalue weighted by Gasteiger charge is -2.22. The molecule has 1 aromatic rings. The lowest BCUT2D eigenvalue weighted by Crippen LogP contribution is -2.34. The van der Waals surface area contributed by atoms with Crippen LogP contribution in [0.2, 0.25) is 0 Å². The van der Waals surface area contributed by atoms with E-state index in [1.54, 1.807) is 0 Å². The van der Waals surface area contributed by atoms with Gasteiger partial charge in [-0.05, 0) is 31.6 Å². The molecular formula is C16H28N4. The van der Waals surface area contributed by atoms with Crippen LogP contribution >= 0.6 is 0 Å². The minimum atomic E-state index is 0.509. The van der Waals surface area contributed by atoms with Gasteiger partial charge in [-0.15, -0.1) is 0 Å². The van der Waals surface area contributed by atoms with Crippen LogP contribution < -0.4 is 10.2 Å². The predicted octanol–water partition coefficient (Wildman–Crippen LogP) is 1.97. The molecule has 0 amide bonds. The molecule has 0 aromatic carbocycles. The van der Waals surface area contributed by atoms with Gasteiger partial charge in [-0.1, -0.05) is 26.8 Å². The monoisotopic (exact) mass is 276 g/mol. The van der Waals surface area contributed by atoms with E-state index in [0.29, 0.717) is 18.0 Å². The van der Waals surface area contributed by atoms with Crippen molar-refractivity contribution < 1.29 is 0 Å². The second-order valence-electron chi connectivity index (χ2n) is 6.47. The summed E-state index contributed by atoms with van der Waals surface area (Å²) in [5.41, 5.74) is 1.25. The highest BCUT2D eigenvalue weighted by Gasteiger charge is 2.31. The van der Waals surface area contributed by atoms with E-state index >= 15 is 0 Å². The molecule has 2 unspecified atom stereocenters. The number of hydrogen-bond donors (Lipinski definition) is 1. The molecule has 2 heterocycles. The Balaban J connectivity index is 1.97. The maximum Gasteiger partial charge on any atom is 0.128 e. The quantitative estimate of drug-likeness (QED) is 0.891. The molecule has 1 N–H and O–H groups in total. The van der Waals surface area contributed by atoms with E-state index in [2.05, 4.69) is 67.1 Å². The van der Waals surface area contributed by atoms with Crippen LogP contribution in [-0.2, 0) is 6.54 Å². The van der Waals surface area contributed by atoms with Crippen molar-refractivity contribution in [2.24, 2.45) is 5.92 Å². The van der Waals surface area contributed by atoms with E-state index in [0.717, 1.165) is 25.5 Å². The topological polar surface area (TPSA) is 31.4 Å². The first-order valence-corrected chi connectivity index (χ1v) is 7.57. The molecular weight excluding hydrogens is 248 g/mol. The number of likely N-dealkylation sites (N-methyl/N-ethyl adjacent to an activating group) is 1. The summed E-state index contributed by atoms with van der Waals surface area (Å²) < 4.78 is 0. The molecule has 20 heavy (non-hydrogen) atoms. The Bertz CT molecular complexity index is 413. The fraction of sp³-hybridized carbons (Fsp3) is 0.688. The summed E-state index contributed by atoms with van der Waals surface area (Å²) >= 11 is 0. The van der Waals surface area contributed by atoms with Crippen molar-refractivity contribution >= 4 is 5.82 Å². The highest BCUT2D eigenvalue weighted by atomic mass is 15.3. The minimum absolute atomic E-state index is 0.509. The zero-order chi connectivity index (χ0) is 14.7. The molecule has 0 radical (unpaired) electrons. The minimum Gasteiger partial charge on any atom is -0.355 e. The van der Waals surface area contributed by atoms with Gasteiger partial charge in [0.15, 0.2) is 0 Å². The van der Waals surface area contributed by atoms with E-state index in [1.165, 1.54) is 5.56 Å². The molecule has 1 saturated heterocycles. The van der Waals surface area contributed by atoms with Gasteiger partial charge in [0, 0.05) is 37.9 Å². The summed E-state index contributed by atoms with van der Waals surface area (Å²) in [6, 6.07) is 5.47. The van der Waals surface area contributed by atoms with Crippen LogP contribution in [0.25, 0.3) is 0 Å². The van der Waals surface area contributed by atoms with Crippen molar-refractivity contribution in [3.63, 3.8) is 0 Å². The first-order valence-electron chi connectivity index (χ1n) is 7.57. The number of anilines is 1. The SMILES string of the molecule is CC(C)NCc1ccc(N2CC(C)C(N(C)C)C2)nc1. The van der Waals surface area contributed by atoms with Crippen LogP contribution in [0.1, 0.15) is 26.3 Å². The van der Waals surface area contributed by atoms with Crippen molar-refractivity contribution in [1.82, 2.24) is 15.2 Å². The summed E-state index contributed by atoms with van der Waals surface area (Å²) in [7, 11) is 4.33. The average molecular weight is 276 g/mol. The Morgan fingerprint density at radius 2 is 2.10 bits per heavy atom. The van der Waals surface area contributed by atoms with Crippen LogP contribution in [0.3, 0.4) is 0 Å². The number of rotatable bonds is 5. The summed E-state index contributed by atoms with van der Waals surface area (Å²) in [6.07, 6.45) is 2.00. The van der Waals surface area contributed by atoms with E-state index in [-0.39, 0.29) is 0 Å². The van der Waals surface area contributed by atoms with Gasteiger partial charge in [0.1, 0.15) is 5.82 Å². The molecule has 112 valence electrons. The zero-order valence-electron chi connectivity index (χ0n) is 13.4. The lowest BCUT2D eigenvalue weighted by atomic mass is 10.1. The third kappa shape index (κ3) is 3.70. The molecule has 2 atom stereocenters. The molecule has 0 bridgehead atoms. The first kappa shape index (κ1) is 15.3.